The largest absolute Gasteiger partial charge is 0.466 e. The van der Waals surface area contributed by atoms with Crippen LogP contribution in [0, 0.1) is 0 Å². The number of carbonyl (C=O) groups is 1. The minimum Gasteiger partial charge on any atom is -0.466 e. The number of esters is 1. The van der Waals surface area contributed by atoms with Crippen LogP contribution < -0.4 is 0 Å². The van der Waals surface area contributed by atoms with Crippen molar-refractivity contribution in [3.63, 3.8) is 0 Å². The van der Waals surface area contributed by atoms with Crippen molar-refractivity contribution >= 4 is 5.97 Å². The molecular formula is C22H42O2. The van der Waals surface area contributed by atoms with Crippen LogP contribution >= 0.6 is 0 Å². The van der Waals surface area contributed by atoms with E-state index in [0.717, 1.165) is 12.8 Å². The molecule has 24 heavy (non-hydrogen) atoms. The molecule has 0 aromatic heterocycles. The fraction of sp³-hybridized carbons (Fsp3) is 0.864. The highest BCUT2D eigenvalue weighted by atomic mass is 16.5. The van der Waals surface area contributed by atoms with E-state index in [0.29, 0.717) is 13.0 Å². The molecular weight excluding hydrogens is 296 g/mol. The minimum atomic E-state index is -0.0368. The van der Waals surface area contributed by atoms with Crippen molar-refractivity contribution in [1.29, 1.82) is 0 Å². The summed E-state index contributed by atoms with van der Waals surface area (Å²) in [4.78, 5) is 11.2. The molecule has 0 amide bonds. The summed E-state index contributed by atoms with van der Waals surface area (Å²) in [5, 5.41) is 0. The van der Waals surface area contributed by atoms with Crippen molar-refractivity contribution in [2.75, 3.05) is 6.61 Å². The minimum absolute atomic E-state index is 0.0368. The maximum absolute atomic E-state index is 11.2. The molecule has 0 heterocycles. The van der Waals surface area contributed by atoms with E-state index in [-0.39, 0.29) is 5.97 Å². The Hall–Kier alpha value is -0.790. The predicted octanol–water partition coefficient (Wildman–Crippen LogP) is 7.37. The van der Waals surface area contributed by atoms with Gasteiger partial charge >= 0.3 is 5.97 Å². The molecule has 2 nitrogen and oxygen atoms in total. The van der Waals surface area contributed by atoms with Gasteiger partial charge in [-0.15, -0.1) is 0 Å². The topological polar surface area (TPSA) is 26.3 Å². The van der Waals surface area contributed by atoms with Gasteiger partial charge < -0.3 is 4.74 Å². The van der Waals surface area contributed by atoms with Crippen LogP contribution in [0.1, 0.15) is 117 Å². The number of hydrogen-bond donors (Lipinski definition) is 0. The molecule has 0 radical (unpaired) electrons. The van der Waals surface area contributed by atoms with Crippen LogP contribution in [0.15, 0.2) is 12.2 Å². The van der Waals surface area contributed by atoms with Crippen LogP contribution in [-0.4, -0.2) is 12.6 Å². The standard InChI is InChI=1S/C22H42O2/c1-3-5-6-7-8-9-10-11-12-13-14-15-16-17-18-19-21-24-22(23)20-4-2/h11-12H,3-10,13-21H2,1-2H3/b12-11-. The van der Waals surface area contributed by atoms with Crippen molar-refractivity contribution in [3.8, 4) is 0 Å². The highest BCUT2D eigenvalue weighted by molar-refractivity contribution is 5.69. The van der Waals surface area contributed by atoms with E-state index in [4.69, 9.17) is 4.74 Å². The Morgan fingerprint density at radius 3 is 1.71 bits per heavy atom. The molecule has 0 aliphatic rings. The summed E-state index contributed by atoms with van der Waals surface area (Å²) in [6.45, 7) is 4.89. The first-order chi connectivity index (χ1) is 11.8. The normalized spacial score (nSPS) is 11.2. The van der Waals surface area contributed by atoms with Crippen molar-refractivity contribution < 1.29 is 9.53 Å². The molecule has 0 spiro atoms. The van der Waals surface area contributed by atoms with Crippen LogP contribution in [0.3, 0.4) is 0 Å². The fourth-order valence-corrected chi connectivity index (χ4v) is 2.81. The summed E-state index contributed by atoms with van der Waals surface area (Å²) in [5.41, 5.74) is 0. The fourth-order valence-electron chi connectivity index (χ4n) is 2.81. The Morgan fingerprint density at radius 2 is 1.17 bits per heavy atom. The Labute approximate surface area is 151 Å². The van der Waals surface area contributed by atoms with Crippen LogP contribution in [0.2, 0.25) is 0 Å². The van der Waals surface area contributed by atoms with Crippen molar-refractivity contribution in [1.82, 2.24) is 0 Å². The maximum atomic E-state index is 11.2. The lowest BCUT2D eigenvalue weighted by molar-refractivity contribution is -0.143. The number of hydrogen-bond acceptors (Lipinski definition) is 2. The summed E-state index contributed by atoms with van der Waals surface area (Å²) >= 11 is 0. The van der Waals surface area contributed by atoms with Gasteiger partial charge in [-0.05, 0) is 38.5 Å². The Bertz CT molecular complexity index is 284. The highest BCUT2D eigenvalue weighted by Crippen LogP contribution is 2.10. The zero-order valence-electron chi connectivity index (χ0n) is 16.5. The first kappa shape index (κ1) is 23.2. The lowest BCUT2D eigenvalue weighted by Crippen LogP contribution is -2.04. The summed E-state index contributed by atoms with van der Waals surface area (Å²) in [7, 11) is 0. The second-order valence-corrected chi connectivity index (χ2v) is 6.91. The Morgan fingerprint density at radius 1 is 0.667 bits per heavy atom. The molecule has 2 heteroatoms. The third kappa shape index (κ3) is 19.3. The van der Waals surface area contributed by atoms with Gasteiger partial charge in [-0.1, -0.05) is 83.8 Å². The molecule has 0 atom stereocenters. The van der Waals surface area contributed by atoms with Crippen LogP contribution in [-0.2, 0) is 9.53 Å². The molecule has 0 unspecified atom stereocenters. The van der Waals surface area contributed by atoms with Gasteiger partial charge in [0.2, 0.25) is 0 Å². The smallest absolute Gasteiger partial charge is 0.305 e. The van der Waals surface area contributed by atoms with Crippen molar-refractivity contribution in [2.45, 2.75) is 117 Å². The van der Waals surface area contributed by atoms with Crippen molar-refractivity contribution in [3.05, 3.63) is 12.2 Å². The zero-order chi connectivity index (χ0) is 17.7. The zero-order valence-corrected chi connectivity index (χ0v) is 16.5. The van der Waals surface area contributed by atoms with Gasteiger partial charge in [-0.3, -0.25) is 4.79 Å². The summed E-state index contributed by atoms with van der Waals surface area (Å²) in [6.07, 6.45) is 24.5. The first-order valence-corrected chi connectivity index (χ1v) is 10.6. The van der Waals surface area contributed by atoms with Gasteiger partial charge in [0, 0.05) is 6.42 Å². The average Bonchev–Trinajstić information content (AvgIpc) is 2.58. The molecule has 0 aromatic rings. The van der Waals surface area contributed by atoms with E-state index in [9.17, 15) is 4.79 Å². The molecule has 0 saturated carbocycles. The molecule has 0 rings (SSSR count). The quantitative estimate of drug-likeness (QED) is 0.148. The summed E-state index contributed by atoms with van der Waals surface area (Å²) in [5.74, 6) is -0.0368. The Balaban J connectivity index is 3.11. The predicted molar refractivity (Wildman–Crippen MR) is 105 cm³/mol. The number of allylic oxidation sites excluding steroid dienone is 2. The SMILES string of the molecule is CCCCCCCC/C=C\CCCCCCCCOC(=O)CCC. The molecule has 0 saturated heterocycles. The van der Waals surface area contributed by atoms with Gasteiger partial charge in [-0.2, -0.15) is 0 Å². The van der Waals surface area contributed by atoms with Gasteiger partial charge in [0.15, 0.2) is 0 Å². The van der Waals surface area contributed by atoms with E-state index in [1.165, 1.54) is 83.5 Å². The second kappa shape index (κ2) is 20.3. The molecule has 142 valence electrons. The number of unbranched alkanes of at least 4 members (excludes halogenated alkanes) is 12. The van der Waals surface area contributed by atoms with Crippen LogP contribution in [0.4, 0.5) is 0 Å². The van der Waals surface area contributed by atoms with Crippen molar-refractivity contribution in [2.24, 2.45) is 0 Å². The summed E-state index contributed by atoms with van der Waals surface area (Å²) in [6, 6.07) is 0. The third-order valence-electron chi connectivity index (χ3n) is 4.37. The first-order valence-electron chi connectivity index (χ1n) is 10.6. The lowest BCUT2D eigenvalue weighted by atomic mass is 10.1. The van der Waals surface area contributed by atoms with E-state index < -0.39 is 0 Å². The van der Waals surface area contributed by atoms with E-state index in [1.807, 2.05) is 6.92 Å². The third-order valence-corrected chi connectivity index (χ3v) is 4.37. The number of rotatable bonds is 18. The molecule has 0 aromatic carbocycles. The lowest BCUT2D eigenvalue weighted by Gasteiger charge is -2.03. The van der Waals surface area contributed by atoms with Gasteiger partial charge in [0.1, 0.15) is 0 Å². The Kier molecular flexibility index (Phi) is 19.6. The number of ether oxygens (including phenoxy) is 1. The monoisotopic (exact) mass is 338 g/mol. The van der Waals surface area contributed by atoms with E-state index in [1.54, 1.807) is 0 Å². The van der Waals surface area contributed by atoms with Gasteiger partial charge in [0.25, 0.3) is 0 Å². The molecule has 0 bridgehead atoms. The summed E-state index contributed by atoms with van der Waals surface area (Å²) < 4.78 is 5.15. The van der Waals surface area contributed by atoms with E-state index in [2.05, 4.69) is 19.1 Å². The molecule has 0 aliphatic carbocycles. The van der Waals surface area contributed by atoms with Crippen LogP contribution in [0.5, 0.6) is 0 Å². The van der Waals surface area contributed by atoms with Gasteiger partial charge in [-0.25, -0.2) is 0 Å². The molecule has 0 aliphatic heterocycles. The molecule has 0 N–H and O–H groups in total. The average molecular weight is 339 g/mol. The van der Waals surface area contributed by atoms with E-state index >= 15 is 0 Å². The number of carbonyl (C=O) groups excluding carboxylic acids is 1. The van der Waals surface area contributed by atoms with Gasteiger partial charge in [0.05, 0.1) is 6.61 Å². The highest BCUT2D eigenvalue weighted by Gasteiger charge is 1.99. The molecule has 0 fully saturated rings. The van der Waals surface area contributed by atoms with Crippen LogP contribution in [0.25, 0.3) is 0 Å². The maximum Gasteiger partial charge on any atom is 0.305 e. The second-order valence-electron chi connectivity index (χ2n) is 6.91.